The first-order valence-electron chi connectivity index (χ1n) is 7.75. The summed E-state index contributed by atoms with van der Waals surface area (Å²) in [5, 5.41) is 0.931. The molecule has 6 heteroatoms. The van der Waals surface area contributed by atoms with Crippen molar-refractivity contribution in [3.8, 4) is 0 Å². The molecule has 4 aromatic rings. The third-order valence-corrected chi connectivity index (χ3v) is 5.05. The fourth-order valence-electron chi connectivity index (χ4n) is 2.77. The van der Waals surface area contributed by atoms with E-state index in [9.17, 15) is 0 Å². The molecule has 0 saturated heterocycles. The quantitative estimate of drug-likeness (QED) is 0.574. The van der Waals surface area contributed by atoms with E-state index in [0.717, 1.165) is 28.0 Å². The van der Waals surface area contributed by atoms with Crippen molar-refractivity contribution >= 4 is 17.5 Å². The third-order valence-electron chi connectivity index (χ3n) is 3.85. The van der Waals surface area contributed by atoms with E-state index in [1.165, 1.54) is 5.56 Å². The SMILES string of the molecule is Cc1cc(C)n2cc(C(Sc3ncc[nH]3)c3ccccc3)nc2n1. The molecule has 1 unspecified atom stereocenters. The maximum Gasteiger partial charge on any atom is 0.234 e. The van der Waals surface area contributed by atoms with Gasteiger partial charge in [-0.25, -0.2) is 15.0 Å². The molecule has 0 saturated carbocycles. The zero-order valence-electron chi connectivity index (χ0n) is 13.5. The molecule has 24 heavy (non-hydrogen) atoms. The molecule has 0 radical (unpaired) electrons. The van der Waals surface area contributed by atoms with Crippen LogP contribution in [0, 0.1) is 13.8 Å². The average Bonchev–Trinajstić information content (AvgIpc) is 3.22. The number of nitrogens with one attached hydrogen (secondary N) is 1. The van der Waals surface area contributed by atoms with Crippen molar-refractivity contribution < 1.29 is 0 Å². The van der Waals surface area contributed by atoms with Crippen molar-refractivity contribution in [2.75, 3.05) is 0 Å². The van der Waals surface area contributed by atoms with E-state index in [4.69, 9.17) is 4.98 Å². The van der Waals surface area contributed by atoms with Crippen LogP contribution in [-0.4, -0.2) is 24.3 Å². The highest BCUT2D eigenvalue weighted by molar-refractivity contribution is 7.99. The van der Waals surface area contributed by atoms with Crippen molar-refractivity contribution in [3.63, 3.8) is 0 Å². The molecule has 5 nitrogen and oxygen atoms in total. The molecule has 0 bridgehead atoms. The molecule has 3 heterocycles. The van der Waals surface area contributed by atoms with Gasteiger partial charge in [0.1, 0.15) is 0 Å². The molecule has 120 valence electrons. The predicted octanol–water partition coefficient (Wildman–Crippen LogP) is 3.95. The van der Waals surface area contributed by atoms with E-state index < -0.39 is 0 Å². The number of rotatable bonds is 4. The number of thioether (sulfide) groups is 1. The van der Waals surface area contributed by atoms with Crippen LogP contribution in [0.2, 0.25) is 0 Å². The minimum Gasteiger partial charge on any atom is -0.340 e. The lowest BCUT2D eigenvalue weighted by atomic mass is 10.1. The van der Waals surface area contributed by atoms with Gasteiger partial charge in [-0.05, 0) is 25.5 Å². The summed E-state index contributed by atoms with van der Waals surface area (Å²) in [7, 11) is 0. The lowest BCUT2D eigenvalue weighted by Gasteiger charge is -2.13. The number of H-pyrrole nitrogens is 1. The Kier molecular flexibility index (Phi) is 3.82. The number of hydrogen-bond acceptors (Lipinski definition) is 4. The van der Waals surface area contributed by atoms with E-state index in [2.05, 4.69) is 58.4 Å². The van der Waals surface area contributed by atoms with Gasteiger partial charge < -0.3 is 4.98 Å². The molecule has 3 aromatic heterocycles. The number of imidazole rings is 2. The number of fused-ring (bicyclic) bond motifs is 1. The Hall–Kier alpha value is -2.60. The number of aryl methyl sites for hydroxylation is 2. The van der Waals surface area contributed by atoms with Gasteiger partial charge in [0.05, 0.1) is 10.9 Å². The van der Waals surface area contributed by atoms with Crippen LogP contribution >= 0.6 is 11.8 Å². The lowest BCUT2D eigenvalue weighted by Crippen LogP contribution is -1.98. The molecule has 4 rings (SSSR count). The fourth-order valence-corrected chi connectivity index (χ4v) is 3.78. The standard InChI is InChI=1S/C18H17N5S/c1-12-10-13(2)23-11-15(22-17(23)21-12)16(14-6-4-3-5-7-14)24-18-19-8-9-20-18/h3-11,16H,1-2H3,(H,19,20). The van der Waals surface area contributed by atoms with Gasteiger partial charge in [0, 0.05) is 30.0 Å². The molecule has 0 amide bonds. The normalized spacial score (nSPS) is 12.6. The minimum absolute atomic E-state index is 0.0544. The molecular formula is C18H17N5S. The van der Waals surface area contributed by atoms with Crippen molar-refractivity contribution in [2.24, 2.45) is 0 Å². The molecule has 1 N–H and O–H groups in total. The molecule has 0 fully saturated rings. The van der Waals surface area contributed by atoms with Gasteiger partial charge in [-0.3, -0.25) is 4.40 Å². The van der Waals surface area contributed by atoms with Gasteiger partial charge in [0.15, 0.2) is 5.16 Å². The molecule has 1 atom stereocenters. The van der Waals surface area contributed by atoms with Gasteiger partial charge in [0.25, 0.3) is 0 Å². The Bertz CT molecular complexity index is 960. The largest absolute Gasteiger partial charge is 0.340 e. The number of nitrogens with zero attached hydrogens (tertiary/aromatic N) is 4. The Morgan fingerprint density at radius 2 is 1.96 bits per heavy atom. The predicted molar refractivity (Wildman–Crippen MR) is 95.2 cm³/mol. The molecule has 1 aromatic carbocycles. The highest BCUT2D eigenvalue weighted by Gasteiger charge is 2.21. The summed E-state index contributed by atoms with van der Waals surface area (Å²) in [6, 6.07) is 12.4. The zero-order valence-corrected chi connectivity index (χ0v) is 14.3. The van der Waals surface area contributed by atoms with E-state index in [-0.39, 0.29) is 5.25 Å². The van der Waals surface area contributed by atoms with Crippen LogP contribution in [0.5, 0.6) is 0 Å². The third kappa shape index (κ3) is 2.80. The van der Waals surface area contributed by atoms with Crippen LogP contribution in [0.3, 0.4) is 0 Å². The monoisotopic (exact) mass is 335 g/mol. The van der Waals surface area contributed by atoms with Crippen LogP contribution in [0.4, 0.5) is 0 Å². The Morgan fingerprint density at radius 3 is 2.71 bits per heavy atom. The average molecular weight is 335 g/mol. The summed E-state index contributed by atoms with van der Waals surface area (Å²) < 4.78 is 2.04. The van der Waals surface area contributed by atoms with Crippen LogP contribution in [-0.2, 0) is 0 Å². The molecule has 0 aliphatic heterocycles. The first-order chi connectivity index (χ1) is 11.7. The molecule has 0 spiro atoms. The molecule has 0 aliphatic rings. The zero-order chi connectivity index (χ0) is 16.5. The van der Waals surface area contributed by atoms with Gasteiger partial charge in [-0.1, -0.05) is 42.1 Å². The van der Waals surface area contributed by atoms with Gasteiger partial charge >= 0.3 is 0 Å². The Balaban J connectivity index is 1.82. The number of benzene rings is 1. The van der Waals surface area contributed by atoms with Crippen LogP contribution in [0.15, 0.2) is 60.1 Å². The maximum absolute atomic E-state index is 4.78. The fraction of sp³-hybridized carbons (Fsp3) is 0.167. The summed E-state index contributed by atoms with van der Waals surface area (Å²) in [6.45, 7) is 4.07. The van der Waals surface area contributed by atoms with Crippen molar-refractivity contribution in [2.45, 2.75) is 24.3 Å². The highest BCUT2D eigenvalue weighted by Crippen LogP contribution is 2.38. The Labute approximate surface area is 144 Å². The second-order valence-electron chi connectivity index (χ2n) is 5.68. The number of hydrogen-bond donors (Lipinski definition) is 1. The highest BCUT2D eigenvalue weighted by atomic mass is 32.2. The summed E-state index contributed by atoms with van der Waals surface area (Å²) in [4.78, 5) is 16.8. The van der Waals surface area contributed by atoms with E-state index in [1.54, 1.807) is 18.0 Å². The second-order valence-corrected chi connectivity index (χ2v) is 6.77. The number of aromatic amines is 1. The van der Waals surface area contributed by atoms with Crippen LogP contribution in [0.1, 0.15) is 27.9 Å². The lowest BCUT2D eigenvalue weighted by molar-refractivity contribution is 1.01. The first-order valence-corrected chi connectivity index (χ1v) is 8.63. The van der Waals surface area contributed by atoms with Gasteiger partial charge in [0.2, 0.25) is 5.78 Å². The van der Waals surface area contributed by atoms with Crippen LogP contribution < -0.4 is 0 Å². The molecule has 0 aliphatic carbocycles. The first kappa shape index (κ1) is 15.0. The van der Waals surface area contributed by atoms with E-state index >= 15 is 0 Å². The van der Waals surface area contributed by atoms with Gasteiger partial charge in [-0.15, -0.1) is 0 Å². The van der Waals surface area contributed by atoms with Crippen molar-refractivity contribution in [1.82, 2.24) is 24.3 Å². The van der Waals surface area contributed by atoms with Crippen LogP contribution in [0.25, 0.3) is 5.78 Å². The van der Waals surface area contributed by atoms with Crippen molar-refractivity contribution in [1.29, 1.82) is 0 Å². The maximum atomic E-state index is 4.78. The second kappa shape index (κ2) is 6.13. The summed E-state index contributed by atoms with van der Waals surface area (Å²) in [5.41, 5.74) is 4.28. The summed E-state index contributed by atoms with van der Waals surface area (Å²) in [5.74, 6) is 0.739. The Morgan fingerprint density at radius 1 is 1.12 bits per heavy atom. The smallest absolute Gasteiger partial charge is 0.234 e. The topological polar surface area (TPSA) is 58.9 Å². The minimum atomic E-state index is 0.0544. The van der Waals surface area contributed by atoms with Gasteiger partial charge in [-0.2, -0.15) is 0 Å². The van der Waals surface area contributed by atoms with E-state index in [1.807, 2.05) is 23.6 Å². The van der Waals surface area contributed by atoms with Crippen molar-refractivity contribution in [3.05, 3.63) is 77.6 Å². The summed E-state index contributed by atoms with van der Waals surface area (Å²) in [6.07, 6.45) is 5.68. The summed E-state index contributed by atoms with van der Waals surface area (Å²) >= 11 is 1.66. The van der Waals surface area contributed by atoms with E-state index in [0.29, 0.717) is 0 Å². The number of aromatic nitrogens is 5. The molecular weight excluding hydrogens is 318 g/mol.